The van der Waals surface area contributed by atoms with Gasteiger partial charge in [-0.15, -0.1) is 0 Å². The lowest BCUT2D eigenvalue weighted by Crippen LogP contribution is -2.43. The largest absolute Gasteiger partial charge is 0.355 e. The van der Waals surface area contributed by atoms with E-state index in [1.807, 2.05) is 12.1 Å². The van der Waals surface area contributed by atoms with Gasteiger partial charge in [-0.2, -0.15) is 0 Å². The third-order valence-corrected chi connectivity index (χ3v) is 7.60. The zero-order valence-electron chi connectivity index (χ0n) is 19.5. The summed E-state index contributed by atoms with van der Waals surface area (Å²) >= 11 is 0. The van der Waals surface area contributed by atoms with Crippen molar-refractivity contribution in [2.24, 2.45) is 5.92 Å². The third kappa shape index (κ3) is 5.71. The summed E-state index contributed by atoms with van der Waals surface area (Å²) < 4.78 is 0. The first kappa shape index (κ1) is 22.3. The van der Waals surface area contributed by atoms with Gasteiger partial charge < -0.3 is 20.4 Å². The Kier molecular flexibility index (Phi) is 7.17. The first-order chi connectivity index (χ1) is 16.2. The number of piperidine rings is 1. The molecule has 5 rings (SSSR count). The Labute approximate surface area is 197 Å². The maximum absolute atomic E-state index is 12.6. The van der Waals surface area contributed by atoms with Gasteiger partial charge >= 0.3 is 0 Å². The number of likely N-dealkylation sites (tertiary alicyclic amines) is 1. The van der Waals surface area contributed by atoms with Gasteiger partial charge in [0.05, 0.1) is 0 Å². The SMILES string of the molecule is O=C(Nc1ccncc1)c1cccc(N2CCC(NCC3CCN(C4CCCC4)CC3)C2)n1. The predicted molar refractivity (Wildman–Crippen MR) is 132 cm³/mol. The number of carbonyl (C=O) groups is 1. The number of pyridine rings is 2. The van der Waals surface area contributed by atoms with Crippen molar-refractivity contribution in [2.75, 3.05) is 42.9 Å². The second-order valence-electron chi connectivity index (χ2n) is 9.83. The van der Waals surface area contributed by atoms with E-state index in [9.17, 15) is 4.79 Å². The fourth-order valence-corrected chi connectivity index (χ4v) is 5.62. The Morgan fingerprint density at radius 2 is 1.76 bits per heavy atom. The molecule has 3 aliphatic rings. The van der Waals surface area contributed by atoms with Gasteiger partial charge in [-0.25, -0.2) is 4.98 Å². The lowest BCUT2D eigenvalue weighted by Gasteiger charge is -2.36. The molecule has 1 amide bonds. The molecule has 0 radical (unpaired) electrons. The van der Waals surface area contributed by atoms with Crippen LogP contribution in [0.3, 0.4) is 0 Å². The molecule has 7 nitrogen and oxygen atoms in total. The molecule has 33 heavy (non-hydrogen) atoms. The maximum atomic E-state index is 12.6. The Balaban J connectivity index is 1.08. The van der Waals surface area contributed by atoms with E-state index in [1.54, 1.807) is 30.6 Å². The first-order valence-corrected chi connectivity index (χ1v) is 12.7. The van der Waals surface area contributed by atoms with Gasteiger partial charge in [0, 0.05) is 43.3 Å². The van der Waals surface area contributed by atoms with E-state index >= 15 is 0 Å². The molecule has 1 aliphatic carbocycles. The van der Waals surface area contributed by atoms with Crippen LogP contribution >= 0.6 is 0 Å². The number of nitrogens with zero attached hydrogens (tertiary/aromatic N) is 4. The average Bonchev–Trinajstić information content (AvgIpc) is 3.57. The van der Waals surface area contributed by atoms with E-state index < -0.39 is 0 Å². The summed E-state index contributed by atoms with van der Waals surface area (Å²) in [7, 11) is 0. The van der Waals surface area contributed by atoms with Crippen molar-refractivity contribution < 1.29 is 4.79 Å². The highest BCUT2D eigenvalue weighted by atomic mass is 16.1. The minimum absolute atomic E-state index is 0.194. The molecule has 1 saturated carbocycles. The van der Waals surface area contributed by atoms with E-state index in [0.717, 1.165) is 49.5 Å². The van der Waals surface area contributed by atoms with E-state index in [4.69, 9.17) is 0 Å². The van der Waals surface area contributed by atoms with E-state index in [-0.39, 0.29) is 5.91 Å². The molecule has 1 unspecified atom stereocenters. The van der Waals surface area contributed by atoms with E-state index in [1.165, 1.54) is 51.6 Å². The summed E-state index contributed by atoms with van der Waals surface area (Å²) in [6.07, 6.45) is 12.8. The molecule has 3 fully saturated rings. The Morgan fingerprint density at radius 1 is 0.970 bits per heavy atom. The van der Waals surface area contributed by atoms with Crippen molar-refractivity contribution in [3.05, 3.63) is 48.4 Å². The van der Waals surface area contributed by atoms with Gasteiger partial charge in [-0.1, -0.05) is 18.9 Å². The summed E-state index contributed by atoms with van der Waals surface area (Å²) in [4.78, 5) is 26.3. The zero-order chi connectivity index (χ0) is 22.5. The van der Waals surface area contributed by atoms with Crippen LogP contribution in [-0.2, 0) is 0 Å². The zero-order valence-corrected chi connectivity index (χ0v) is 19.5. The van der Waals surface area contributed by atoms with Gasteiger partial charge in [-0.3, -0.25) is 9.78 Å². The second-order valence-corrected chi connectivity index (χ2v) is 9.83. The molecule has 2 aromatic rings. The van der Waals surface area contributed by atoms with Crippen molar-refractivity contribution in [1.29, 1.82) is 0 Å². The van der Waals surface area contributed by atoms with Crippen molar-refractivity contribution in [1.82, 2.24) is 20.2 Å². The highest BCUT2D eigenvalue weighted by molar-refractivity contribution is 6.03. The molecule has 2 aliphatic heterocycles. The molecule has 2 saturated heterocycles. The van der Waals surface area contributed by atoms with Gasteiger partial charge in [0.25, 0.3) is 5.91 Å². The Hall–Kier alpha value is -2.51. The average molecular weight is 449 g/mol. The van der Waals surface area contributed by atoms with Crippen molar-refractivity contribution in [3.63, 3.8) is 0 Å². The van der Waals surface area contributed by atoms with Gasteiger partial charge in [0.2, 0.25) is 0 Å². The first-order valence-electron chi connectivity index (χ1n) is 12.7. The van der Waals surface area contributed by atoms with Crippen molar-refractivity contribution >= 4 is 17.4 Å². The van der Waals surface area contributed by atoms with E-state index in [0.29, 0.717) is 11.7 Å². The highest BCUT2D eigenvalue weighted by Crippen LogP contribution is 2.28. The minimum atomic E-state index is -0.194. The monoisotopic (exact) mass is 448 g/mol. The molecule has 0 aromatic carbocycles. The number of nitrogens with one attached hydrogen (secondary N) is 2. The fourth-order valence-electron chi connectivity index (χ4n) is 5.62. The van der Waals surface area contributed by atoms with Crippen LogP contribution in [0.4, 0.5) is 11.5 Å². The minimum Gasteiger partial charge on any atom is -0.355 e. The molecule has 2 N–H and O–H groups in total. The van der Waals surface area contributed by atoms with Crippen molar-refractivity contribution in [2.45, 2.75) is 57.0 Å². The second kappa shape index (κ2) is 10.6. The molecule has 176 valence electrons. The molecule has 2 aromatic heterocycles. The summed E-state index contributed by atoms with van der Waals surface area (Å²) in [5.74, 6) is 1.49. The van der Waals surface area contributed by atoms with Crippen LogP contribution in [0.2, 0.25) is 0 Å². The van der Waals surface area contributed by atoms with E-state index in [2.05, 4.69) is 30.4 Å². The number of carbonyl (C=O) groups excluding carboxylic acids is 1. The topological polar surface area (TPSA) is 73.4 Å². The van der Waals surface area contributed by atoms with Crippen LogP contribution < -0.4 is 15.5 Å². The quantitative estimate of drug-likeness (QED) is 0.675. The molecular weight excluding hydrogens is 412 g/mol. The number of anilines is 2. The predicted octanol–water partition coefficient (Wildman–Crippen LogP) is 3.55. The van der Waals surface area contributed by atoms with Crippen LogP contribution in [-0.4, -0.2) is 65.6 Å². The van der Waals surface area contributed by atoms with Crippen LogP contribution in [0.5, 0.6) is 0 Å². The Bertz CT molecular complexity index is 908. The number of rotatable bonds is 7. The highest BCUT2D eigenvalue weighted by Gasteiger charge is 2.28. The van der Waals surface area contributed by atoms with Crippen LogP contribution in [0.1, 0.15) is 55.4 Å². The lowest BCUT2D eigenvalue weighted by molar-refractivity contribution is 0.102. The van der Waals surface area contributed by atoms with Crippen LogP contribution in [0.15, 0.2) is 42.7 Å². The number of aromatic nitrogens is 2. The smallest absolute Gasteiger partial charge is 0.274 e. The molecule has 7 heteroatoms. The van der Waals surface area contributed by atoms with Crippen molar-refractivity contribution in [3.8, 4) is 0 Å². The standard InChI is InChI=1S/C26H36N6O/c33-26(29-21-8-13-27-14-9-21)24-6-3-7-25(30-24)32-17-12-22(19-32)28-18-20-10-15-31(16-11-20)23-4-1-2-5-23/h3,6-9,13-14,20,22-23,28H,1-2,4-5,10-12,15-19H2,(H,27,29,33). The summed E-state index contributed by atoms with van der Waals surface area (Å²) in [5.41, 5.74) is 1.16. The fraction of sp³-hybridized carbons (Fsp3) is 0.577. The molecule has 0 spiro atoms. The van der Waals surface area contributed by atoms with Gasteiger partial charge in [0.1, 0.15) is 11.5 Å². The third-order valence-electron chi connectivity index (χ3n) is 7.60. The molecule has 1 atom stereocenters. The molecular formula is C26H36N6O. The molecule has 4 heterocycles. The van der Waals surface area contributed by atoms with Gasteiger partial charge in [0.15, 0.2) is 0 Å². The Morgan fingerprint density at radius 3 is 2.55 bits per heavy atom. The molecule has 0 bridgehead atoms. The van der Waals surface area contributed by atoms with Crippen LogP contribution in [0.25, 0.3) is 0 Å². The summed E-state index contributed by atoms with van der Waals surface area (Å²) in [5, 5.41) is 6.72. The number of hydrogen-bond acceptors (Lipinski definition) is 6. The number of amides is 1. The normalized spacial score (nSPS) is 22.7. The summed E-state index contributed by atoms with van der Waals surface area (Å²) in [6.45, 7) is 5.61. The summed E-state index contributed by atoms with van der Waals surface area (Å²) in [6, 6.07) is 10.6. The lowest BCUT2D eigenvalue weighted by atomic mass is 9.95. The van der Waals surface area contributed by atoms with Gasteiger partial charge in [-0.05, 0) is 81.9 Å². The van der Waals surface area contributed by atoms with Crippen LogP contribution in [0, 0.1) is 5.92 Å². The number of hydrogen-bond donors (Lipinski definition) is 2. The maximum Gasteiger partial charge on any atom is 0.274 e.